The van der Waals surface area contributed by atoms with E-state index in [1.165, 1.54) is 24.3 Å². The molecule has 1 heterocycles. The lowest BCUT2D eigenvalue weighted by atomic mass is 10.3. The van der Waals surface area contributed by atoms with E-state index in [0.29, 0.717) is 27.4 Å². The van der Waals surface area contributed by atoms with Crippen molar-refractivity contribution in [2.45, 2.75) is 11.7 Å². The van der Waals surface area contributed by atoms with Gasteiger partial charge in [-0.2, -0.15) is 0 Å². The van der Waals surface area contributed by atoms with Gasteiger partial charge in [-0.3, -0.25) is 9.10 Å². The summed E-state index contributed by atoms with van der Waals surface area (Å²) in [5.74, 6) is -0.273. The summed E-state index contributed by atoms with van der Waals surface area (Å²) in [4.78, 5) is 12.2. The van der Waals surface area contributed by atoms with Crippen molar-refractivity contribution in [3.05, 3.63) is 65.2 Å². The Morgan fingerprint density at radius 1 is 1.23 bits per heavy atom. The molecule has 0 atom stereocenters. The van der Waals surface area contributed by atoms with Crippen LogP contribution in [0.5, 0.6) is 0 Å². The molecule has 0 fully saturated rings. The van der Waals surface area contributed by atoms with E-state index in [-0.39, 0.29) is 18.2 Å². The second-order valence-corrected chi connectivity index (χ2v) is 9.84. The Hall–Kier alpha value is -2.63. The van der Waals surface area contributed by atoms with Crippen LogP contribution < -0.4 is 9.62 Å². The van der Waals surface area contributed by atoms with E-state index in [2.05, 4.69) is 15.5 Å². The van der Waals surface area contributed by atoms with Gasteiger partial charge < -0.3 is 9.88 Å². The van der Waals surface area contributed by atoms with Crippen LogP contribution in [0, 0.1) is 5.82 Å². The van der Waals surface area contributed by atoms with Gasteiger partial charge in [-0.1, -0.05) is 29.4 Å². The summed E-state index contributed by atoms with van der Waals surface area (Å²) in [6.07, 6.45) is 1.06. The van der Waals surface area contributed by atoms with Crippen LogP contribution in [-0.2, 0) is 28.4 Å². The molecule has 31 heavy (non-hydrogen) atoms. The van der Waals surface area contributed by atoms with Crippen LogP contribution in [-0.4, -0.2) is 41.1 Å². The van der Waals surface area contributed by atoms with Crippen molar-refractivity contribution < 1.29 is 17.6 Å². The van der Waals surface area contributed by atoms with E-state index in [4.69, 9.17) is 11.6 Å². The first-order chi connectivity index (χ1) is 14.6. The van der Waals surface area contributed by atoms with Gasteiger partial charge in [-0.15, -0.1) is 10.2 Å². The normalized spacial score (nSPS) is 11.4. The van der Waals surface area contributed by atoms with Crippen molar-refractivity contribution >= 4 is 50.7 Å². The zero-order chi connectivity index (χ0) is 22.6. The molecule has 1 aromatic heterocycles. The highest BCUT2D eigenvalue weighted by Crippen LogP contribution is 2.23. The van der Waals surface area contributed by atoms with Crippen LogP contribution in [0.3, 0.4) is 0 Å². The molecule has 0 unspecified atom stereocenters. The second-order valence-electron chi connectivity index (χ2n) is 6.55. The van der Waals surface area contributed by atoms with Gasteiger partial charge in [0.25, 0.3) is 0 Å². The Morgan fingerprint density at radius 2 is 1.94 bits per heavy atom. The molecule has 12 heteroatoms. The van der Waals surface area contributed by atoms with E-state index in [1.807, 2.05) is 0 Å². The third-order valence-corrected chi connectivity index (χ3v) is 6.56. The minimum atomic E-state index is -3.65. The molecule has 0 saturated carbocycles. The number of nitrogens with one attached hydrogen (secondary N) is 1. The van der Waals surface area contributed by atoms with Crippen molar-refractivity contribution in [1.29, 1.82) is 0 Å². The molecular weight excluding hydrogens is 465 g/mol. The lowest BCUT2D eigenvalue weighted by molar-refractivity contribution is -0.113. The third kappa shape index (κ3) is 6.18. The highest BCUT2D eigenvalue weighted by atomic mass is 35.5. The molecule has 0 spiro atoms. The predicted octanol–water partition coefficient (Wildman–Crippen LogP) is 3.30. The monoisotopic (exact) mass is 483 g/mol. The van der Waals surface area contributed by atoms with E-state index in [1.54, 1.807) is 35.9 Å². The van der Waals surface area contributed by atoms with Crippen LogP contribution >= 0.6 is 23.4 Å². The number of hydrogen-bond acceptors (Lipinski definition) is 6. The van der Waals surface area contributed by atoms with E-state index in [9.17, 15) is 17.6 Å². The van der Waals surface area contributed by atoms with Gasteiger partial charge in [0.1, 0.15) is 5.82 Å². The molecule has 0 aliphatic rings. The van der Waals surface area contributed by atoms with Gasteiger partial charge >= 0.3 is 0 Å². The first-order valence-electron chi connectivity index (χ1n) is 8.93. The lowest BCUT2D eigenvalue weighted by Gasteiger charge is -2.21. The zero-order valence-electron chi connectivity index (χ0n) is 16.6. The molecule has 164 valence electrons. The molecule has 0 aliphatic carbocycles. The Labute approximate surface area is 188 Å². The van der Waals surface area contributed by atoms with Crippen LogP contribution in [0.15, 0.2) is 53.7 Å². The fourth-order valence-corrected chi connectivity index (χ4v) is 4.41. The van der Waals surface area contributed by atoms with Crippen LogP contribution in [0.25, 0.3) is 0 Å². The van der Waals surface area contributed by atoms with E-state index >= 15 is 0 Å². The third-order valence-electron chi connectivity index (χ3n) is 4.17. The molecule has 1 amide bonds. The number of carbonyl (C=O) groups excluding carboxylic acids is 1. The molecule has 8 nitrogen and oxygen atoms in total. The summed E-state index contributed by atoms with van der Waals surface area (Å²) in [5.41, 5.74) is 0.891. The second kappa shape index (κ2) is 9.67. The number of halogens is 2. The highest BCUT2D eigenvalue weighted by Gasteiger charge is 2.22. The number of aromatic nitrogens is 3. The Bertz CT molecular complexity index is 1190. The minimum absolute atomic E-state index is 0.0756. The predicted molar refractivity (Wildman–Crippen MR) is 119 cm³/mol. The van der Waals surface area contributed by atoms with Gasteiger partial charge in [0.05, 0.1) is 24.2 Å². The van der Waals surface area contributed by atoms with E-state index in [0.717, 1.165) is 22.3 Å². The summed E-state index contributed by atoms with van der Waals surface area (Å²) in [6, 6.07) is 11.9. The van der Waals surface area contributed by atoms with Crippen LogP contribution in [0.2, 0.25) is 5.02 Å². The molecular formula is C19H19ClFN5O3S2. The molecule has 2 aromatic carbocycles. The molecule has 3 rings (SSSR count). The smallest absolute Gasteiger partial charge is 0.234 e. The average molecular weight is 484 g/mol. The molecule has 3 aromatic rings. The lowest BCUT2D eigenvalue weighted by Crippen LogP contribution is -2.30. The molecule has 0 saturated heterocycles. The summed E-state index contributed by atoms with van der Waals surface area (Å²) in [7, 11) is -1.97. The first-order valence-corrected chi connectivity index (χ1v) is 12.1. The standard InChI is InChI=1S/C19H19ClFN5O3S2/c1-25-17(11-26(31(2,28)29)16-8-6-14(21)7-9-16)23-24-19(25)30-12-18(27)22-15-5-3-4-13(20)10-15/h3-10H,11-12H2,1-2H3,(H,22,27). The quantitative estimate of drug-likeness (QED) is 0.494. The molecule has 0 radical (unpaired) electrons. The van der Waals surface area contributed by atoms with Gasteiger partial charge in [0.15, 0.2) is 11.0 Å². The number of amides is 1. The molecule has 0 aliphatic heterocycles. The number of rotatable bonds is 8. The number of sulfonamides is 1. The molecule has 0 bridgehead atoms. The maximum atomic E-state index is 13.2. The summed E-state index contributed by atoms with van der Waals surface area (Å²) >= 11 is 7.07. The van der Waals surface area contributed by atoms with Gasteiger partial charge in [0.2, 0.25) is 15.9 Å². The fraction of sp³-hybridized carbons (Fsp3) is 0.211. The van der Waals surface area contributed by atoms with Crippen molar-refractivity contribution in [2.24, 2.45) is 7.05 Å². The zero-order valence-corrected chi connectivity index (χ0v) is 19.0. The van der Waals surface area contributed by atoms with Crippen LogP contribution in [0.4, 0.5) is 15.8 Å². The Kier molecular flexibility index (Phi) is 7.19. The van der Waals surface area contributed by atoms with E-state index < -0.39 is 15.8 Å². The van der Waals surface area contributed by atoms with Crippen LogP contribution in [0.1, 0.15) is 5.82 Å². The van der Waals surface area contributed by atoms with Gasteiger partial charge in [-0.25, -0.2) is 12.8 Å². The Balaban J connectivity index is 1.68. The fourth-order valence-electron chi connectivity index (χ4n) is 2.64. The van der Waals surface area contributed by atoms with Gasteiger partial charge in [-0.05, 0) is 42.5 Å². The number of benzene rings is 2. The largest absolute Gasteiger partial charge is 0.325 e. The maximum absolute atomic E-state index is 13.2. The number of nitrogens with zero attached hydrogens (tertiary/aromatic N) is 4. The summed E-state index contributed by atoms with van der Waals surface area (Å²) in [6.45, 7) is -0.0940. The number of hydrogen-bond donors (Lipinski definition) is 1. The SMILES string of the molecule is Cn1c(CN(c2ccc(F)cc2)S(C)(=O)=O)nnc1SCC(=O)Nc1cccc(Cl)c1. The summed E-state index contributed by atoms with van der Waals surface area (Å²) in [5, 5.41) is 11.8. The van der Waals surface area contributed by atoms with Crippen molar-refractivity contribution in [1.82, 2.24) is 14.8 Å². The first kappa shape index (κ1) is 23.0. The maximum Gasteiger partial charge on any atom is 0.234 e. The number of carbonyl (C=O) groups is 1. The topological polar surface area (TPSA) is 97.2 Å². The Morgan fingerprint density at radius 3 is 2.58 bits per heavy atom. The number of anilines is 2. The number of thioether (sulfide) groups is 1. The molecule has 1 N–H and O–H groups in total. The van der Waals surface area contributed by atoms with Gasteiger partial charge in [0, 0.05) is 17.8 Å². The summed E-state index contributed by atoms with van der Waals surface area (Å²) < 4.78 is 40.4. The van der Waals surface area contributed by atoms with Crippen molar-refractivity contribution in [2.75, 3.05) is 21.6 Å². The minimum Gasteiger partial charge on any atom is -0.325 e. The van der Waals surface area contributed by atoms with Crippen molar-refractivity contribution in [3.63, 3.8) is 0 Å². The highest BCUT2D eigenvalue weighted by molar-refractivity contribution is 7.99. The van der Waals surface area contributed by atoms with Crippen molar-refractivity contribution in [3.8, 4) is 0 Å². The average Bonchev–Trinajstić information content (AvgIpc) is 3.04.